The fraction of sp³-hybridized carbons (Fsp3) is 1.00. The van der Waals surface area contributed by atoms with Crippen LogP contribution in [0.1, 0.15) is 72.6 Å². The van der Waals surface area contributed by atoms with Crippen molar-refractivity contribution in [3.8, 4) is 0 Å². The molecule has 0 heterocycles. The Balaban J connectivity index is 3.24. The molecular formula is C13H28. The molecule has 0 fully saturated rings. The quantitative estimate of drug-likeness (QED) is 0.464. The fourth-order valence-electron chi connectivity index (χ4n) is 1.89. The largest absolute Gasteiger partial charge is 0.0654 e. The van der Waals surface area contributed by atoms with Gasteiger partial charge < -0.3 is 0 Å². The summed E-state index contributed by atoms with van der Waals surface area (Å²) in [6, 6.07) is 0. The molecule has 0 aromatic rings. The van der Waals surface area contributed by atoms with Crippen LogP contribution in [0.25, 0.3) is 0 Å². The van der Waals surface area contributed by atoms with Crippen LogP contribution in [0, 0.1) is 11.8 Å². The lowest BCUT2D eigenvalue weighted by Gasteiger charge is -2.15. The molecule has 0 bridgehead atoms. The van der Waals surface area contributed by atoms with E-state index in [1.54, 1.807) is 0 Å². The van der Waals surface area contributed by atoms with Crippen LogP contribution >= 0.6 is 0 Å². The van der Waals surface area contributed by atoms with Crippen molar-refractivity contribution in [3.05, 3.63) is 0 Å². The molecule has 0 aromatic carbocycles. The first-order valence-electron chi connectivity index (χ1n) is 6.20. The van der Waals surface area contributed by atoms with E-state index in [1.807, 2.05) is 0 Å². The highest BCUT2D eigenvalue weighted by molar-refractivity contribution is 4.58. The highest BCUT2D eigenvalue weighted by Gasteiger charge is 2.06. The standard InChI is InChI=1S/C13H28/c1-5-7-8-9-10-13(4)11-12(3)6-2/h12-13H,5-11H2,1-4H3/t12-,13-/m1/s1. The van der Waals surface area contributed by atoms with Crippen molar-refractivity contribution in [2.24, 2.45) is 11.8 Å². The average Bonchev–Trinajstić information content (AvgIpc) is 2.12. The Hall–Kier alpha value is 0. The Bertz CT molecular complexity index is 96.2. The van der Waals surface area contributed by atoms with Crippen molar-refractivity contribution in [2.75, 3.05) is 0 Å². The molecular weight excluding hydrogens is 156 g/mol. The first-order valence-corrected chi connectivity index (χ1v) is 6.20. The molecule has 0 aliphatic heterocycles. The summed E-state index contributed by atoms with van der Waals surface area (Å²) < 4.78 is 0. The summed E-state index contributed by atoms with van der Waals surface area (Å²) in [6.45, 7) is 9.37. The lowest BCUT2D eigenvalue weighted by Crippen LogP contribution is -2.02. The maximum atomic E-state index is 2.41. The molecule has 2 atom stereocenters. The summed E-state index contributed by atoms with van der Waals surface area (Å²) in [4.78, 5) is 0. The van der Waals surface area contributed by atoms with Crippen LogP contribution in [0.2, 0.25) is 0 Å². The van der Waals surface area contributed by atoms with Gasteiger partial charge in [-0.1, -0.05) is 66.2 Å². The summed E-state index contributed by atoms with van der Waals surface area (Å²) in [5.41, 5.74) is 0. The molecule has 0 radical (unpaired) electrons. The summed E-state index contributed by atoms with van der Waals surface area (Å²) in [5.74, 6) is 1.88. The SMILES string of the molecule is CCCCCC[C@@H](C)C[C@H](C)CC. The van der Waals surface area contributed by atoms with E-state index < -0.39 is 0 Å². The molecule has 0 saturated heterocycles. The molecule has 0 saturated carbocycles. The van der Waals surface area contributed by atoms with Crippen molar-refractivity contribution < 1.29 is 0 Å². The zero-order chi connectivity index (χ0) is 10.1. The molecule has 0 amide bonds. The Morgan fingerprint density at radius 2 is 1.54 bits per heavy atom. The highest BCUT2D eigenvalue weighted by atomic mass is 14.1. The molecule has 0 rings (SSSR count). The van der Waals surface area contributed by atoms with Crippen molar-refractivity contribution in [1.29, 1.82) is 0 Å². The fourth-order valence-corrected chi connectivity index (χ4v) is 1.89. The molecule has 0 aliphatic carbocycles. The average molecular weight is 184 g/mol. The molecule has 0 spiro atoms. The molecule has 80 valence electrons. The van der Waals surface area contributed by atoms with Crippen LogP contribution in [-0.2, 0) is 0 Å². The minimum absolute atomic E-state index is 0.932. The van der Waals surface area contributed by atoms with Crippen LogP contribution in [0.15, 0.2) is 0 Å². The zero-order valence-corrected chi connectivity index (χ0v) is 10.1. The Kier molecular flexibility index (Phi) is 8.59. The topological polar surface area (TPSA) is 0 Å². The maximum absolute atomic E-state index is 2.41. The van der Waals surface area contributed by atoms with E-state index in [2.05, 4.69) is 27.7 Å². The van der Waals surface area contributed by atoms with Crippen LogP contribution < -0.4 is 0 Å². The van der Waals surface area contributed by atoms with E-state index in [-0.39, 0.29) is 0 Å². The van der Waals surface area contributed by atoms with Gasteiger partial charge in [0.05, 0.1) is 0 Å². The second kappa shape index (κ2) is 8.59. The lowest BCUT2D eigenvalue weighted by atomic mass is 9.91. The molecule has 0 unspecified atom stereocenters. The minimum Gasteiger partial charge on any atom is -0.0654 e. The third kappa shape index (κ3) is 8.33. The minimum atomic E-state index is 0.932. The number of hydrogen-bond donors (Lipinski definition) is 0. The van der Waals surface area contributed by atoms with Gasteiger partial charge in [-0.3, -0.25) is 0 Å². The van der Waals surface area contributed by atoms with Crippen LogP contribution in [0.3, 0.4) is 0 Å². The van der Waals surface area contributed by atoms with Crippen LogP contribution in [-0.4, -0.2) is 0 Å². The summed E-state index contributed by atoms with van der Waals surface area (Å²) >= 11 is 0. The van der Waals surface area contributed by atoms with Gasteiger partial charge in [0.15, 0.2) is 0 Å². The molecule has 0 nitrogen and oxygen atoms in total. The monoisotopic (exact) mass is 184 g/mol. The molecule has 0 aromatic heterocycles. The second-order valence-corrected chi connectivity index (χ2v) is 4.70. The lowest BCUT2D eigenvalue weighted by molar-refractivity contribution is 0.375. The Morgan fingerprint density at radius 3 is 2.08 bits per heavy atom. The van der Waals surface area contributed by atoms with E-state index in [1.165, 1.54) is 44.9 Å². The van der Waals surface area contributed by atoms with Gasteiger partial charge in [0.1, 0.15) is 0 Å². The van der Waals surface area contributed by atoms with Crippen molar-refractivity contribution >= 4 is 0 Å². The normalized spacial score (nSPS) is 15.7. The van der Waals surface area contributed by atoms with E-state index >= 15 is 0 Å². The summed E-state index contributed by atoms with van der Waals surface area (Å²) in [6.07, 6.45) is 9.91. The van der Waals surface area contributed by atoms with E-state index in [4.69, 9.17) is 0 Å². The maximum Gasteiger partial charge on any atom is -0.0440 e. The van der Waals surface area contributed by atoms with Gasteiger partial charge >= 0.3 is 0 Å². The number of unbranched alkanes of at least 4 members (excludes halogenated alkanes) is 3. The third-order valence-corrected chi connectivity index (χ3v) is 3.05. The molecule has 13 heavy (non-hydrogen) atoms. The summed E-state index contributed by atoms with van der Waals surface area (Å²) in [5, 5.41) is 0. The number of rotatable bonds is 8. The van der Waals surface area contributed by atoms with Gasteiger partial charge in [-0.25, -0.2) is 0 Å². The highest BCUT2D eigenvalue weighted by Crippen LogP contribution is 2.20. The second-order valence-electron chi connectivity index (χ2n) is 4.70. The number of hydrogen-bond acceptors (Lipinski definition) is 0. The molecule has 0 N–H and O–H groups in total. The van der Waals surface area contributed by atoms with Crippen molar-refractivity contribution in [2.45, 2.75) is 72.6 Å². The van der Waals surface area contributed by atoms with Gasteiger partial charge in [-0.15, -0.1) is 0 Å². The van der Waals surface area contributed by atoms with Gasteiger partial charge in [0.2, 0.25) is 0 Å². The summed E-state index contributed by atoms with van der Waals surface area (Å²) in [7, 11) is 0. The first kappa shape index (κ1) is 13.0. The Labute approximate surface area is 85.1 Å². The predicted molar refractivity (Wildman–Crippen MR) is 62.0 cm³/mol. The third-order valence-electron chi connectivity index (χ3n) is 3.05. The van der Waals surface area contributed by atoms with Gasteiger partial charge in [-0.2, -0.15) is 0 Å². The van der Waals surface area contributed by atoms with Crippen LogP contribution in [0.5, 0.6) is 0 Å². The molecule has 0 heteroatoms. The van der Waals surface area contributed by atoms with Gasteiger partial charge in [0, 0.05) is 0 Å². The van der Waals surface area contributed by atoms with E-state index in [0.717, 1.165) is 11.8 Å². The smallest absolute Gasteiger partial charge is 0.0440 e. The van der Waals surface area contributed by atoms with Crippen LogP contribution in [0.4, 0.5) is 0 Å². The first-order chi connectivity index (χ1) is 6.20. The Morgan fingerprint density at radius 1 is 0.846 bits per heavy atom. The van der Waals surface area contributed by atoms with Gasteiger partial charge in [0.25, 0.3) is 0 Å². The van der Waals surface area contributed by atoms with Crippen molar-refractivity contribution in [3.63, 3.8) is 0 Å². The van der Waals surface area contributed by atoms with Crippen molar-refractivity contribution in [1.82, 2.24) is 0 Å². The van der Waals surface area contributed by atoms with E-state index in [0.29, 0.717) is 0 Å². The predicted octanol–water partition coefficient (Wildman–Crippen LogP) is 5.03. The zero-order valence-electron chi connectivity index (χ0n) is 10.1. The van der Waals surface area contributed by atoms with Gasteiger partial charge in [-0.05, 0) is 18.3 Å². The van der Waals surface area contributed by atoms with E-state index in [9.17, 15) is 0 Å². The molecule has 0 aliphatic rings.